The van der Waals surface area contributed by atoms with Crippen LogP contribution in [0.3, 0.4) is 0 Å². The number of nitrogens with zero attached hydrogens (tertiary/aromatic N) is 3. The highest BCUT2D eigenvalue weighted by atomic mass is 16.3. The third kappa shape index (κ3) is 2.52. The Balaban J connectivity index is 1.56. The van der Waals surface area contributed by atoms with Crippen molar-refractivity contribution in [3.63, 3.8) is 0 Å². The first kappa shape index (κ1) is 14.1. The van der Waals surface area contributed by atoms with Crippen LogP contribution >= 0.6 is 0 Å². The Kier molecular flexibility index (Phi) is 3.31. The van der Waals surface area contributed by atoms with Crippen LogP contribution in [-0.2, 0) is 0 Å². The predicted molar refractivity (Wildman–Crippen MR) is 89.4 cm³/mol. The molecule has 118 valence electrons. The summed E-state index contributed by atoms with van der Waals surface area (Å²) in [6.07, 6.45) is 3.33. The fraction of sp³-hybridized carbons (Fsp3) is 0.0588. The van der Waals surface area contributed by atoms with E-state index in [0.717, 1.165) is 5.52 Å². The topological polar surface area (TPSA) is 92.9 Å². The highest BCUT2D eigenvalue weighted by Gasteiger charge is 2.10. The lowest BCUT2D eigenvalue weighted by Gasteiger charge is -2.10. The number of benzene rings is 1. The molecule has 1 amide bonds. The summed E-state index contributed by atoms with van der Waals surface area (Å²) in [5, 5.41) is 0. The largest absolute Gasteiger partial charge is 0.441 e. The second kappa shape index (κ2) is 5.62. The molecule has 3 aromatic heterocycles. The molecule has 0 aliphatic heterocycles. The second-order valence-electron chi connectivity index (χ2n) is 5.22. The van der Waals surface area contributed by atoms with Gasteiger partial charge in [0.25, 0.3) is 5.91 Å². The van der Waals surface area contributed by atoms with E-state index in [9.17, 15) is 4.79 Å². The number of hydrogen-bond acceptors (Lipinski definition) is 6. The maximum absolute atomic E-state index is 12.3. The quantitative estimate of drug-likeness (QED) is 0.564. The van der Waals surface area contributed by atoms with Crippen molar-refractivity contribution in [2.75, 3.05) is 5.43 Å². The van der Waals surface area contributed by atoms with E-state index in [1.165, 1.54) is 0 Å². The zero-order valence-corrected chi connectivity index (χ0v) is 12.8. The standard InChI is InChI=1S/C17H13N5O2/c1-10-20-14-9-11(4-5-15(14)24-10)17(23)22-21-13-6-8-18-12-3-2-7-19-16(12)13/h2-9H,1H3,(H,18,21)(H,22,23). The number of fused-ring (bicyclic) bond motifs is 2. The second-order valence-corrected chi connectivity index (χ2v) is 5.22. The third-order valence-corrected chi connectivity index (χ3v) is 3.56. The van der Waals surface area contributed by atoms with Crippen LogP contribution in [0.4, 0.5) is 5.69 Å². The average molecular weight is 319 g/mol. The van der Waals surface area contributed by atoms with E-state index in [-0.39, 0.29) is 5.91 Å². The molecule has 24 heavy (non-hydrogen) atoms. The molecule has 1 aromatic carbocycles. The molecule has 4 aromatic rings. The number of carbonyl (C=O) groups is 1. The van der Waals surface area contributed by atoms with E-state index in [1.807, 2.05) is 12.1 Å². The summed E-state index contributed by atoms with van der Waals surface area (Å²) >= 11 is 0. The zero-order valence-electron chi connectivity index (χ0n) is 12.8. The first-order chi connectivity index (χ1) is 11.7. The van der Waals surface area contributed by atoms with Gasteiger partial charge in [-0.2, -0.15) is 0 Å². The summed E-state index contributed by atoms with van der Waals surface area (Å²) in [6, 6.07) is 10.5. The van der Waals surface area contributed by atoms with Gasteiger partial charge in [-0.05, 0) is 36.4 Å². The van der Waals surface area contributed by atoms with Crippen molar-refractivity contribution in [2.45, 2.75) is 6.92 Å². The van der Waals surface area contributed by atoms with E-state index >= 15 is 0 Å². The Morgan fingerprint density at radius 1 is 1.08 bits per heavy atom. The van der Waals surface area contributed by atoms with Crippen LogP contribution in [0, 0.1) is 6.92 Å². The van der Waals surface area contributed by atoms with E-state index in [2.05, 4.69) is 25.8 Å². The molecule has 3 heterocycles. The molecule has 0 saturated heterocycles. The summed E-state index contributed by atoms with van der Waals surface area (Å²) in [7, 11) is 0. The molecule has 7 heteroatoms. The highest BCUT2D eigenvalue weighted by molar-refractivity contribution is 5.98. The van der Waals surface area contributed by atoms with Gasteiger partial charge >= 0.3 is 0 Å². The lowest BCUT2D eigenvalue weighted by atomic mass is 10.2. The summed E-state index contributed by atoms with van der Waals surface area (Å²) in [5.41, 5.74) is 9.44. The molecule has 0 unspecified atom stereocenters. The van der Waals surface area contributed by atoms with E-state index < -0.39 is 0 Å². The number of hydrogen-bond donors (Lipinski definition) is 2. The Hall–Kier alpha value is -3.48. The van der Waals surface area contributed by atoms with Gasteiger partial charge in [-0.25, -0.2) is 4.98 Å². The summed E-state index contributed by atoms with van der Waals surface area (Å²) in [6.45, 7) is 1.77. The zero-order chi connectivity index (χ0) is 16.5. The maximum atomic E-state index is 12.3. The number of anilines is 1. The normalized spacial score (nSPS) is 10.9. The third-order valence-electron chi connectivity index (χ3n) is 3.56. The number of rotatable bonds is 3. The molecule has 0 saturated carbocycles. The molecule has 0 radical (unpaired) electrons. The Morgan fingerprint density at radius 2 is 2.00 bits per heavy atom. The van der Waals surface area contributed by atoms with E-state index in [4.69, 9.17) is 4.42 Å². The van der Waals surface area contributed by atoms with Crippen molar-refractivity contribution in [2.24, 2.45) is 0 Å². The number of nitrogens with one attached hydrogen (secondary N) is 2. The SMILES string of the molecule is Cc1nc2cc(C(=O)NNc3ccnc4cccnc34)ccc2o1. The van der Waals surface area contributed by atoms with E-state index in [0.29, 0.717) is 33.8 Å². The molecule has 0 aliphatic carbocycles. The van der Waals surface area contributed by atoms with Crippen LogP contribution in [0.5, 0.6) is 0 Å². The van der Waals surface area contributed by atoms with Crippen LogP contribution in [0.1, 0.15) is 16.2 Å². The molecule has 2 N–H and O–H groups in total. The van der Waals surface area contributed by atoms with Gasteiger partial charge in [0.05, 0.1) is 11.2 Å². The number of aryl methyl sites for hydroxylation is 1. The van der Waals surface area contributed by atoms with Gasteiger partial charge in [-0.1, -0.05) is 0 Å². The van der Waals surface area contributed by atoms with Crippen LogP contribution in [0.25, 0.3) is 22.1 Å². The number of aromatic nitrogens is 3. The number of oxazole rings is 1. The Bertz CT molecular complexity index is 1050. The van der Waals surface area contributed by atoms with Gasteiger partial charge in [-0.3, -0.25) is 25.6 Å². The fourth-order valence-electron chi connectivity index (χ4n) is 2.46. The monoisotopic (exact) mass is 319 g/mol. The molecule has 0 atom stereocenters. The van der Waals surface area contributed by atoms with Crippen LogP contribution in [-0.4, -0.2) is 20.9 Å². The minimum Gasteiger partial charge on any atom is -0.441 e. The molecular weight excluding hydrogens is 306 g/mol. The first-order valence-electron chi connectivity index (χ1n) is 7.34. The minimum absolute atomic E-state index is 0.279. The molecule has 0 aliphatic rings. The van der Waals surface area contributed by atoms with E-state index in [1.54, 1.807) is 43.6 Å². The van der Waals surface area contributed by atoms with Gasteiger partial charge in [0.2, 0.25) is 0 Å². The smallest absolute Gasteiger partial charge is 0.269 e. The molecular formula is C17H13N5O2. The number of carbonyl (C=O) groups excluding carboxylic acids is 1. The fourth-order valence-corrected chi connectivity index (χ4v) is 2.46. The predicted octanol–water partition coefficient (Wildman–Crippen LogP) is 2.84. The summed E-state index contributed by atoms with van der Waals surface area (Å²) in [5.74, 6) is 0.286. The summed E-state index contributed by atoms with van der Waals surface area (Å²) < 4.78 is 5.41. The Labute approximate surface area is 136 Å². The lowest BCUT2D eigenvalue weighted by molar-refractivity contribution is 0.0963. The number of amides is 1. The molecule has 0 fully saturated rings. The molecule has 0 bridgehead atoms. The van der Waals surface area contributed by atoms with Crippen LogP contribution in [0.2, 0.25) is 0 Å². The van der Waals surface area contributed by atoms with Crippen LogP contribution < -0.4 is 10.9 Å². The highest BCUT2D eigenvalue weighted by Crippen LogP contribution is 2.19. The first-order valence-corrected chi connectivity index (χ1v) is 7.34. The van der Waals surface area contributed by atoms with Gasteiger partial charge in [-0.15, -0.1) is 0 Å². The van der Waals surface area contributed by atoms with Crippen molar-refractivity contribution < 1.29 is 9.21 Å². The average Bonchev–Trinajstić information content (AvgIpc) is 2.98. The van der Waals surface area contributed by atoms with Crippen molar-refractivity contribution >= 4 is 33.7 Å². The van der Waals surface area contributed by atoms with Crippen molar-refractivity contribution in [1.82, 2.24) is 20.4 Å². The number of pyridine rings is 2. The number of hydrazine groups is 1. The Morgan fingerprint density at radius 3 is 2.92 bits per heavy atom. The lowest BCUT2D eigenvalue weighted by Crippen LogP contribution is -2.29. The van der Waals surface area contributed by atoms with Gasteiger partial charge in [0, 0.05) is 24.9 Å². The van der Waals surface area contributed by atoms with Crippen molar-refractivity contribution in [3.05, 3.63) is 60.2 Å². The molecule has 4 rings (SSSR count). The molecule has 7 nitrogen and oxygen atoms in total. The van der Waals surface area contributed by atoms with Gasteiger partial charge in [0.1, 0.15) is 11.0 Å². The van der Waals surface area contributed by atoms with Crippen LogP contribution in [0.15, 0.2) is 53.2 Å². The van der Waals surface area contributed by atoms with Crippen molar-refractivity contribution in [1.29, 1.82) is 0 Å². The minimum atomic E-state index is -0.279. The van der Waals surface area contributed by atoms with Crippen molar-refractivity contribution in [3.8, 4) is 0 Å². The van der Waals surface area contributed by atoms with Gasteiger partial charge < -0.3 is 4.42 Å². The molecule has 0 spiro atoms. The summed E-state index contributed by atoms with van der Waals surface area (Å²) in [4.78, 5) is 25.1. The maximum Gasteiger partial charge on any atom is 0.269 e. The van der Waals surface area contributed by atoms with Gasteiger partial charge in [0.15, 0.2) is 11.5 Å².